The van der Waals surface area contributed by atoms with E-state index in [1.165, 1.54) is 0 Å². The number of aromatic nitrogens is 3. The molecular formula is C18H23N5O2. The van der Waals surface area contributed by atoms with E-state index in [1.807, 2.05) is 33.8 Å². The molecule has 2 aliphatic heterocycles. The summed E-state index contributed by atoms with van der Waals surface area (Å²) in [6, 6.07) is 7.71. The first-order valence-corrected chi connectivity index (χ1v) is 8.88. The van der Waals surface area contributed by atoms with Crippen molar-refractivity contribution in [3.8, 4) is 0 Å². The number of ether oxygens (including phenoxy) is 1. The Hall–Kier alpha value is -2.25. The van der Waals surface area contributed by atoms with E-state index in [4.69, 9.17) is 4.74 Å². The number of carbonyl (C=O) groups is 1. The highest BCUT2D eigenvalue weighted by Gasteiger charge is 2.27. The Bertz CT molecular complexity index is 707. The van der Waals surface area contributed by atoms with Gasteiger partial charge in [0.15, 0.2) is 5.69 Å². The van der Waals surface area contributed by atoms with E-state index in [2.05, 4.69) is 15.4 Å². The molecule has 0 aromatic carbocycles. The maximum absolute atomic E-state index is 12.8. The van der Waals surface area contributed by atoms with Crippen LogP contribution in [-0.2, 0) is 24.4 Å². The number of likely N-dealkylation sites (tertiary alicyclic amines) is 1. The maximum Gasteiger partial charge on any atom is 0.274 e. The van der Waals surface area contributed by atoms with Gasteiger partial charge in [-0.2, -0.15) is 5.10 Å². The quantitative estimate of drug-likeness (QED) is 0.905. The van der Waals surface area contributed by atoms with Gasteiger partial charge in [-0.25, -0.2) is 0 Å². The van der Waals surface area contributed by atoms with Crippen molar-refractivity contribution in [1.29, 1.82) is 0 Å². The van der Waals surface area contributed by atoms with Crippen LogP contribution in [0.15, 0.2) is 30.5 Å². The number of fused-ring (bicyclic) bond motifs is 1. The van der Waals surface area contributed by atoms with E-state index in [0.29, 0.717) is 18.8 Å². The highest BCUT2D eigenvalue weighted by molar-refractivity contribution is 5.92. The van der Waals surface area contributed by atoms with Gasteiger partial charge in [-0.1, -0.05) is 6.07 Å². The molecule has 2 aliphatic rings. The van der Waals surface area contributed by atoms with Crippen LogP contribution in [-0.4, -0.2) is 51.3 Å². The first-order chi connectivity index (χ1) is 12.3. The molecule has 132 valence electrons. The molecule has 0 spiro atoms. The van der Waals surface area contributed by atoms with Crippen molar-refractivity contribution in [2.75, 3.05) is 19.6 Å². The molecule has 1 amide bonds. The average molecular weight is 341 g/mol. The van der Waals surface area contributed by atoms with Crippen LogP contribution in [0, 0.1) is 0 Å². The Morgan fingerprint density at radius 1 is 1.36 bits per heavy atom. The fourth-order valence-electron chi connectivity index (χ4n) is 3.40. The summed E-state index contributed by atoms with van der Waals surface area (Å²) in [4.78, 5) is 18.9. The third-order valence-corrected chi connectivity index (χ3v) is 4.75. The van der Waals surface area contributed by atoms with Crippen LogP contribution in [0.4, 0.5) is 0 Å². The molecule has 0 bridgehead atoms. The van der Waals surface area contributed by atoms with E-state index in [0.717, 1.165) is 50.4 Å². The third-order valence-electron chi connectivity index (χ3n) is 4.75. The van der Waals surface area contributed by atoms with E-state index >= 15 is 0 Å². The van der Waals surface area contributed by atoms with Crippen LogP contribution in [0.3, 0.4) is 0 Å². The summed E-state index contributed by atoms with van der Waals surface area (Å²) in [5.74, 6) is 0.00744. The molecule has 7 nitrogen and oxygen atoms in total. The second-order valence-electron chi connectivity index (χ2n) is 6.57. The van der Waals surface area contributed by atoms with Crippen LogP contribution in [0.1, 0.15) is 34.7 Å². The lowest BCUT2D eigenvalue weighted by molar-refractivity contribution is -0.00803. The smallest absolute Gasteiger partial charge is 0.274 e. The van der Waals surface area contributed by atoms with Crippen LogP contribution >= 0.6 is 0 Å². The Kier molecular flexibility index (Phi) is 4.76. The zero-order valence-corrected chi connectivity index (χ0v) is 14.2. The fourth-order valence-corrected chi connectivity index (χ4v) is 3.40. The standard InChI is InChI=1S/C18H23N5O2/c24-18(17-10-15-11-19-7-9-23(15)21-17)22-8-3-5-16(12-22)25-13-14-4-1-2-6-20-14/h1-2,4,6,10,16,19H,3,5,7-9,11-13H2/t16-/m0/s1. The van der Waals surface area contributed by atoms with Crippen molar-refractivity contribution in [2.24, 2.45) is 0 Å². The topological polar surface area (TPSA) is 72.3 Å². The predicted molar refractivity (Wildman–Crippen MR) is 91.9 cm³/mol. The van der Waals surface area contributed by atoms with Crippen molar-refractivity contribution >= 4 is 5.91 Å². The van der Waals surface area contributed by atoms with E-state index < -0.39 is 0 Å². The van der Waals surface area contributed by atoms with Gasteiger partial charge in [0.1, 0.15) is 0 Å². The molecular weight excluding hydrogens is 318 g/mol. The van der Waals surface area contributed by atoms with Crippen LogP contribution in [0.25, 0.3) is 0 Å². The first kappa shape index (κ1) is 16.2. The Balaban J connectivity index is 1.37. The van der Waals surface area contributed by atoms with Crippen molar-refractivity contribution in [3.05, 3.63) is 47.5 Å². The van der Waals surface area contributed by atoms with Crippen LogP contribution in [0.2, 0.25) is 0 Å². The molecule has 7 heteroatoms. The first-order valence-electron chi connectivity index (χ1n) is 8.88. The molecule has 1 N–H and O–H groups in total. The van der Waals surface area contributed by atoms with Gasteiger partial charge >= 0.3 is 0 Å². The molecule has 1 atom stereocenters. The number of rotatable bonds is 4. The second-order valence-corrected chi connectivity index (χ2v) is 6.57. The molecule has 25 heavy (non-hydrogen) atoms. The lowest BCUT2D eigenvalue weighted by Crippen LogP contribution is -2.43. The number of nitrogens with one attached hydrogen (secondary N) is 1. The van der Waals surface area contributed by atoms with Gasteiger partial charge in [0.2, 0.25) is 0 Å². The van der Waals surface area contributed by atoms with Gasteiger partial charge in [-0.15, -0.1) is 0 Å². The lowest BCUT2D eigenvalue weighted by atomic mass is 10.1. The van der Waals surface area contributed by atoms with E-state index in [9.17, 15) is 4.79 Å². The van der Waals surface area contributed by atoms with Crippen molar-refractivity contribution in [3.63, 3.8) is 0 Å². The zero-order valence-electron chi connectivity index (χ0n) is 14.2. The number of nitrogens with zero attached hydrogens (tertiary/aromatic N) is 4. The second kappa shape index (κ2) is 7.33. The molecule has 1 fully saturated rings. The summed E-state index contributed by atoms with van der Waals surface area (Å²) in [6.45, 7) is 4.36. The van der Waals surface area contributed by atoms with E-state index in [1.54, 1.807) is 6.20 Å². The van der Waals surface area contributed by atoms with Crippen molar-refractivity contribution in [2.45, 2.75) is 38.6 Å². The van der Waals surface area contributed by atoms with Gasteiger partial charge in [0.25, 0.3) is 5.91 Å². The molecule has 4 rings (SSSR count). The number of piperidine rings is 1. The van der Waals surface area contributed by atoms with Gasteiger partial charge in [-0.05, 0) is 31.0 Å². The lowest BCUT2D eigenvalue weighted by Gasteiger charge is -2.32. The molecule has 1 saturated heterocycles. The summed E-state index contributed by atoms with van der Waals surface area (Å²) in [5.41, 5.74) is 2.54. The molecule has 4 heterocycles. The summed E-state index contributed by atoms with van der Waals surface area (Å²) < 4.78 is 7.91. The van der Waals surface area contributed by atoms with Gasteiger partial charge < -0.3 is 15.0 Å². The minimum atomic E-state index is 0.00744. The van der Waals surface area contributed by atoms with Gasteiger partial charge in [0.05, 0.1) is 30.6 Å². The van der Waals surface area contributed by atoms with Crippen molar-refractivity contribution < 1.29 is 9.53 Å². The van der Waals surface area contributed by atoms with Crippen molar-refractivity contribution in [1.82, 2.24) is 25.0 Å². The van der Waals surface area contributed by atoms with Crippen LogP contribution < -0.4 is 5.32 Å². The number of pyridine rings is 1. The molecule has 0 aliphatic carbocycles. The Morgan fingerprint density at radius 2 is 2.32 bits per heavy atom. The van der Waals surface area contributed by atoms with Gasteiger partial charge in [-0.3, -0.25) is 14.5 Å². The molecule has 2 aromatic rings. The SMILES string of the molecule is O=C(c1cc2n(n1)CCNC2)N1CCC[C@H](OCc2ccccn2)C1. The Labute approximate surface area is 147 Å². The average Bonchev–Trinajstić information content (AvgIpc) is 3.11. The number of amides is 1. The third kappa shape index (κ3) is 3.72. The Morgan fingerprint density at radius 3 is 3.16 bits per heavy atom. The highest BCUT2D eigenvalue weighted by atomic mass is 16.5. The zero-order chi connectivity index (χ0) is 17.1. The maximum atomic E-state index is 12.8. The highest BCUT2D eigenvalue weighted by Crippen LogP contribution is 2.18. The minimum absolute atomic E-state index is 0.00744. The van der Waals surface area contributed by atoms with E-state index in [-0.39, 0.29) is 12.0 Å². The summed E-state index contributed by atoms with van der Waals surface area (Å²) in [5, 5.41) is 7.78. The summed E-state index contributed by atoms with van der Waals surface area (Å²) in [7, 11) is 0. The predicted octanol–water partition coefficient (Wildman–Crippen LogP) is 1.20. The molecule has 0 unspecified atom stereocenters. The number of carbonyl (C=O) groups excluding carboxylic acids is 1. The monoisotopic (exact) mass is 341 g/mol. The summed E-state index contributed by atoms with van der Waals surface area (Å²) >= 11 is 0. The fraction of sp³-hybridized carbons (Fsp3) is 0.500. The number of hydrogen-bond donors (Lipinski definition) is 1. The number of hydrogen-bond acceptors (Lipinski definition) is 5. The largest absolute Gasteiger partial charge is 0.370 e. The molecule has 2 aromatic heterocycles. The van der Waals surface area contributed by atoms with Crippen LogP contribution in [0.5, 0.6) is 0 Å². The molecule has 0 saturated carbocycles. The molecule has 0 radical (unpaired) electrons. The summed E-state index contributed by atoms with van der Waals surface area (Å²) in [6.07, 6.45) is 3.75. The minimum Gasteiger partial charge on any atom is -0.370 e. The van der Waals surface area contributed by atoms with Gasteiger partial charge in [0, 0.05) is 32.4 Å². The normalized spacial score (nSPS) is 20.3.